The van der Waals surface area contributed by atoms with E-state index in [1.165, 1.54) is 15.6 Å². The summed E-state index contributed by atoms with van der Waals surface area (Å²) in [6.07, 6.45) is 1.18. The predicted octanol–water partition coefficient (Wildman–Crippen LogP) is 3.28. The molecular formula is C14H23IN2. The number of hydrogen-bond acceptors (Lipinski definition) is 2. The number of benzene rings is 1. The van der Waals surface area contributed by atoms with Gasteiger partial charge in [-0.3, -0.25) is 0 Å². The van der Waals surface area contributed by atoms with Gasteiger partial charge in [-0.1, -0.05) is 12.1 Å². The SMILES string of the molecule is CC(CCN(C)C)NC(C)c1ccc(I)cc1. The molecule has 0 saturated carbocycles. The summed E-state index contributed by atoms with van der Waals surface area (Å²) in [5.74, 6) is 0. The van der Waals surface area contributed by atoms with Crippen molar-refractivity contribution in [1.29, 1.82) is 0 Å². The zero-order valence-electron chi connectivity index (χ0n) is 11.2. The lowest BCUT2D eigenvalue weighted by Crippen LogP contribution is -2.31. The highest BCUT2D eigenvalue weighted by Gasteiger charge is 2.09. The van der Waals surface area contributed by atoms with Gasteiger partial charge in [0.05, 0.1) is 0 Å². The lowest BCUT2D eigenvalue weighted by molar-refractivity contribution is 0.354. The third kappa shape index (κ3) is 5.84. The summed E-state index contributed by atoms with van der Waals surface area (Å²) in [6.45, 7) is 5.62. The van der Waals surface area contributed by atoms with Crippen molar-refractivity contribution < 1.29 is 0 Å². The topological polar surface area (TPSA) is 15.3 Å². The first-order chi connectivity index (χ1) is 7.99. The lowest BCUT2D eigenvalue weighted by atomic mass is 10.1. The smallest absolute Gasteiger partial charge is 0.0294 e. The van der Waals surface area contributed by atoms with Gasteiger partial charge < -0.3 is 10.2 Å². The Labute approximate surface area is 119 Å². The first kappa shape index (κ1) is 14.9. The molecule has 3 heteroatoms. The second-order valence-electron chi connectivity index (χ2n) is 4.93. The maximum Gasteiger partial charge on any atom is 0.0294 e. The maximum absolute atomic E-state index is 3.64. The molecule has 17 heavy (non-hydrogen) atoms. The first-order valence-electron chi connectivity index (χ1n) is 6.15. The summed E-state index contributed by atoms with van der Waals surface area (Å²) < 4.78 is 1.29. The largest absolute Gasteiger partial charge is 0.309 e. The van der Waals surface area contributed by atoms with Crippen LogP contribution in [0.2, 0.25) is 0 Å². The van der Waals surface area contributed by atoms with Gasteiger partial charge in [-0.2, -0.15) is 0 Å². The molecule has 1 rings (SSSR count). The van der Waals surface area contributed by atoms with Crippen LogP contribution in [0.25, 0.3) is 0 Å². The molecule has 0 fully saturated rings. The van der Waals surface area contributed by atoms with E-state index in [9.17, 15) is 0 Å². The van der Waals surface area contributed by atoms with E-state index in [-0.39, 0.29) is 0 Å². The molecule has 2 unspecified atom stereocenters. The Morgan fingerprint density at radius 2 is 1.76 bits per heavy atom. The number of nitrogens with zero attached hydrogens (tertiary/aromatic N) is 1. The minimum absolute atomic E-state index is 0.421. The van der Waals surface area contributed by atoms with Crippen LogP contribution in [0, 0.1) is 3.57 Å². The van der Waals surface area contributed by atoms with Crippen molar-refractivity contribution in [3.63, 3.8) is 0 Å². The highest BCUT2D eigenvalue weighted by Crippen LogP contribution is 2.15. The minimum Gasteiger partial charge on any atom is -0.309 e. The Hall–Kier alpha value is -0.130. The molecule has 0 saturated heterocycles. The average Bonchev–Trinajstić information content (AvgIpc) is 2.27. The van der Waals surface area contributed by atoms with Gasteiger partial charge in [-0.25, -0.2) is 0 Å². The molecule has 0 aliphatic rings. The lowest BCUT2D eigenvalue weighted by Gasteiger charge is -2.21. The van der Waals surface area contributed by atoms with Crippen molar-refractivity contribution in [2.75, 3.05) is 20.6 Å². The Bertz CT molecular complexity index is 321. The van der Waals surface area contributed by atoms with E-state index in [1.54, 1.807) is 0 Å². The van der Waals surface area contributed by atoms with Gasteiger partial charge in [0.25, 0.3) is 0 Å². The van der Waals surface area contributed by atoms with Crippen molar-refractivity contribution in [3.05, 3.63) is 33.4 Å². The van der Waals surface area contributed by atoms with Gasteiger partial charge in [0, 0.05) is 15.7 Å². The molecule has 96 valence electrons. The monoisotopic (exact) mass is 346 g/mol. The van der Waals surface area contributed by atoms with Gasteiger partial charge in [0.1, 0.15) is 0 Å². The van der Waals surface area contributed by atoms with E-state index in [0.717, 1.165) is 6.54 Å². The molecule has 0 spiro atoms. The van der Waals surface area contributed by atoms with Crippen molar-refractivity contribution in [2.24, 2.45) is 0 Å². The Balaban J connectivity index is 2.42. The quantitative estimate of drug-likeness (QED) is 0.796. The summed E-state index contributed by atoms with van der Waals surface area (Å²) in [5, 5.41) is 3.64. The van der Waals surface area contributed by atoms with Gasteiger partial charge in [-0.15, -0.1) is 0 Å². The zero-order chi connectivity index (χ0) is 12.8. The van der Waals surface area contributed by atoms with Crippen molar-refractivity contribution in [1.82, 2.24) is 10.2 Å². The molecule has 2 atom stereocenters. The summed E-state index contributed by atoms with van der Waals surface area (Å²) in [6, 6.07) is 9.71. The Morgan fingerprint density at radius 1 is 1.18 bits per heavy atom. The fourth-order valence-electron chi connectivity index (χ4n) is 1.81. The van der Waals surface area contributed by atoms with Crippen LogP contribution in [0.3, 0.4) is 0 Å². The van der Waals surface area contributed by atoms with Gasteiger partial charge in [0.2, 0.25) is 0 Å². The van der Waals surface area contributed by atoms with Gasteiger partial charge in [-0.05, 0) is 81.2 Å². The van der Waals surface area contributed by atoms with Crippen LogP contribution >= 0.6 is 22.6 Å². The Morgan fingerprint density at radius 3 is 2.29 bits per heavy atom. The fourth-order valence-corrected chi connectivity index (χ4v) is 2.17. The summed E-state index contributed by atoms with van der Waals surface area (Å²) in [5.41, 5.74) is 1.36. The van der Waals surface area contributed by atoms with Crippen LogP contribution in [0.5, 0.6) is 0 Å². The first-order valence-corrected chi connectivity index (χ1v) is 7.23. The molecule has 0 aliphatic heterocycles. The Kier molecular flexibility index (Phi) is 6.44. The highest BCUT2D eigenvalue weighted by atomic mass is 127. The van der Waals surface area contributed by atoms with Crippen LogP contribution in [-0.2, 0) is 0 Å². The minimum atomic E-state index is 0.421. The molecule has 1 aromatic carbocycles. The average molecular weight is 346 g/mol. The van der Waals surface area contributed by atoms with E-state index < -0.39 is 0 Å². The second-order valence-corrected chi connectivity index (χ2v) is 6.18. The molecule has 0 heterocycles. The molecule has 0 radical (unpaired) electrons. The molecule has 1 N–H and O–H groups in total. The van der Waals surface area contributed by atoms with E-state index in [1.807, 2.05) is 0 Å². The van der Waals surface area contributed by atoms with Crippen molar-refractivity contribution in [2.45, 2.75) is 32.4 Å². The van der Waals surface area contributed by atoms with E-state index in [2.05, 4.69) is 85.0 Å². The number of rotatable bonds is 6. The van der Waals surface area contributed by atoms with Crippen molar-refractivity contribution in [3.8, 4) is 0 Å². The number of nitrogens with one attached hydrogen (secondary N) is 1. The molecule has 0 bridgehead atoms. The molecule has 1 aromatic rings. The predicted molar refractivity (Wildman–Crippen MR) is 83.3 cm³/mol. The second kappa shape index (κ2) is 7.34. The molecule has 0 aromatic heterocycles. The fraction of sp³-hybridized carbons (Fsp3) is 0.571. The normalized spacial score (nSPS) is 14.9. The van der Waals surface area contributed by atoms with Gasteiger partial charge in [0.15, 0.2) is 0 Å². The molecular weight excluding hydrogens is 323 g/mol. The summed E-state index contributed by atoms with van der Waals surface area (Å²) in [7, 11) is 4.24. The van der Waals surface area contributed by atoms with Crippen LogP contribution in [0.4, 0.5) is 0 Å². The molecule has 2 nitrogen and oxygen atoms in total. The summed E-state index contributed by atoms with van der Waals surface area (Å²) >= 11 is 2.34. The van der Waals surface area contributed by atoms with Crippen LogP contribution in [-0.4, -0.2) is 31.6 Å². The highest BCUT2D eigenvalue weighted by molar-refractivity contribution is 14.1. The molecule has 0 aliphatic carbocycles. The van der Waals surface area contributed by atoms with E-state index >= 15 is 0 Å². The third-order valence-corrected chi connectivity index (χ3v) is 3.63. The van der Waals surface area contributed by atoms with Crippen LogP contribution in [0.15, 0.2) is 24.3 Å². The molecule has 0 amide bonds. The van der Waals surface area contributed by atoms with E-state index in [4.69, 9.17) is 0 Å². The third-order valence-electron chi connectivity index (χ3n) is 2.91. The maximum atomic E-state index is 3.64. The van der Waals surface area contributed by atoms with Crippen LogP contribution in [0.1, 0.15) is 31.9 Å². The number of hydrogen-bond donors (Lipinski definition) is 1. The van der Waals surface area contributed by atoms with Crippen molar-refractivity contribution >= 4 is 22.6 Å². The number of halogens is 1. The summed E-state index contributed by atoms with van der Waals surface area (Å²) in [4.78, 5) is 2.23. The zero-order valence-corrected chi connectivity index (χ0v) is 13.4. The van der Waals surface area contributed by atoms with Crippen LogP contribution < -0.4 is 5.32 Å². The van der Waals surface area contributed by atoms with Gasteiger partial charge >= 0.3 is 0 Å². The standard InChI is InChI=1S/C14H23IN2/c1-11(9-10-17(3)4)16-12(2)13-5-7-14(15)8-6-13/h5-8,11-12,16H,9-10H2,1-4H3. The van der Waals surface area contributed by atoms with E-state index in [0.29, 0.717) is 12.1 Å².